The fraction of sp³-hybridized carbons (Fsp3) is 0.0870. The minimum absolute atomic E-state index is 0.700. The van der Waals surface area contributed by atoms with E-state index in [2.05, 4.69) is 35.3 Å². The van der Waals surface area contributed by atoms with Gasteiger partial charge < -0.3 is 4.42 Å². The Kier molecular flexibility index (Phi) is 4.85. The monoisotopic (exact) mass is 360 g/mol. The third-order valence-electron chi connectivity index (χ3n) is 4.36. The van der Waals surface area contributed by atoms with Crippen molar-refractivity contribution in [2.24, 2.45) is 0 Å². The quantitative estimate of drug-likeness (QED) is 0.585. The van der Waals surface area contributed by atoms with Gasteiger partial charge in [0.1, 0.15) is 17.9 Å². The molecule has 0 spiro atoms. The molecule has 4 rings (SSSR count). The molecule has 2 nitrogen and oxygen atoms in total. The average molecular weight is 361 g/mol. The summed E-state index contributed by atoms with van der Waals surface area (Å²) in [5, 5.41) is 2.72. The van der Waals surface area contributed by atoms with Crippen molar-refractivity contribution in [1.29, 1.82) is 0 Å². The summed E-state index contributed by atoms with van der Waals surface area (Å²) in [5.74, 6) is 0.836. The molecule has 0 amide bonds. The second-order valence-corrected chi connectivity index (χ2v) is 6.63. The predicted octanol–water partition coefficient (Wildman–Crippen LogP) is 3.98. The Labute approximate surface area is 157 Å². The topological polar surface area (TPSA) is 27.1 Å². The normalized spacial score (nSPS) is 11.8. The first kappa shape index (κ1) is 16.6. The number of halogens is 1. The highest BCUT2D eigenvalue weighted by Crippen LogP contribution is 2.23. The van der Waals surface area contributed by atoms with Crippen molar-refractivity contribution >= 4 is 22.6 Å². The molecule has 128 valence electrons. The van der Waals surface area contributed by atoms with Gasteiger partial charge in [0.25, 0.3) is 0 Å². The van der Waals surface area contributed by atoms with E-state index in [0.717, 1.165) is 40.6 Å². The van der Waals surface area contributed by atoms with Gasteiger partial charge in [-0.3, -0.25) is 0 Å². The molecule has 0 aliphatic rings. The standard InChI is InChI=1S/C23H18ClNO/c24-19-11-12-22-20(15-19)21(25-14-13-17-7-3-1-4-8-17)16-23(26-22)18-9-5-2-6-10-18/h1-12,15-16H,13-14H2/p+1. The summed E-state index contributed by atoms with van der Waals surface area (Å²) < 4.78 is 6.11. The van der Waals surface area contributed by atoms with Crippen LogP contribution in [0.5, 0.6) is 0 Å². The van der Waals surface area contributed by atoms with Crippen LogP contribution < -0.4 is 10.3 Å². The van der Waals surface area contributed by atoms with Gasteiger partial charge >= 0.3 is 0 Å². The molecule has 0 bridgehead atoms. The van der Waals surface area contributed by atoms with Crippen LogP contribution in [-0.2, 0) is 6.42 Å². The van der Waals surface area contributed by atoms with E-state index < -0.39 is 0 Å². The number of fused-ring (bicyclic) bond motifs is 1. The Bertz CT molecular complexity index is 1090. The zero-order chi connectivity index (χ0) is 17.8. The maximum absolute atomic E-state index is 6.21. The summed E-state index contributed by atoms with van der Waals surface area (Å²) in [7, 11) is 0. The predicted molar refractivity (Wildman–Crippen MR) is 106 cm³/mol. The van der Waals surface area contributed by atoms with E-state index in [1.807, 2.05) is 54.6 Å². The van der Waals surface area contributed by atoms with Crippen molar-refractivity contribution in [2.75, 3.05) is 6.54 Å². The molecule has 0 fully saturated rings. The molecule has 1 aromatic heterocycles. The minimum atomic E-state index is 0.700. The van der Waals surface area contributed by atoms with Crippen molar-refractivity contribution in [1.82, 2.24) is 0 Å². The highest BCUT2D eigenvalue weighted by molar-refractivity contribution is 6.31. The average Bonchev–Trinajstić information content (AvgIpc) is 2.69. The van der Waals surface area contributed by atoms with E-state index in [0.29, 0.717) is 5.02 Å². The van der Waals surface area contributed by atoms with Crippen LogP contribution in [0.3, 0.4) is 0 Å². The van der Waals surface area contributed by atoms with E-state index in [1.165, 1.54) is 5.56 Å². The van der Waals surface area contributed by atoms with Crippen molar-refractivity contribution in [3.8, 4) is 11.3 Å². The zero-order valence-electron chi connectivity index (χ0n) is 14.3. The molecule has 1 N–H and O–H groups in total. The summed E-state index contributed by atoms with van der Waals surface area (Å²) in [4.78, 5) is 3.55. The zero-order valence-corrected chi connectivity index (χ0v) is 15.0. The molecule has 1 heterocycles. The van der Waals surface area contributed by atoms with Gasteiger partial charge in [0.15, 0.2) is 0 Å². The molecule has 0 unspecified atom stereocenters. The summed E-state index contributed by atoms with van der Waals surface area (Å²) in [6.07, 6.45) is 0.954. The van der Waals surface area contributed by atoms with Crippen LogP contribution in [0.15, 0.2) is 89.3 Å². The molecule has 0 radical (unpaired) electrons. The van der Waals surface area contributed by atoms with Crippen molar-refractivity contribution < 1.29 is 9.41 Å². The second kappa shape index (κ2) is 7.59. The fourth-order valence-electron chi connectivity index (χ4n) is 3.04. The van der Waals surface area contributed by atoms with Gasteiger partial charge in [-0.1, -0.05) is 72.3 Å². The Morgan fingerprint density at radius 1 is 0.808 bits per heavy atom. The van der Waals surface area contributed by atoms with E-state index in [9.17, 15) is 0 Å². The Morgan fingerprint density at radius 3 is 2.31 bits per heavy atom. The van der Waals surface area contributed by atoms with E-state index in [-0.39, 0.29) is 0 Å². The van der Waals surface area contributed by atoms with Gasteiger partial charge in [-0.15, -0.1) is 0 Å². The summed E-state index contributed by atoms with van der Waals surface area (Å²) in [6.45, 7) is 0.837. The third-order valence-corrected chi connectivity index (χ3v) is 4.59. The molecule has 0 atom stereocenters. The van der Waals surface area contributed by atoms with Gasteiger partial charge in [-0.05, 0) is 23.8 Å². The lowest BCUT2D eigenvalue weighted by Crippen LogP contribution is -2.77. The lowest BCUT2D eigenvalue weighted by Gasteiger charge is -2.03. The largest absolute Gasteiger partial charge is 0.456 e. The van der Waals surface area contributed by atoms with Crippen LogP contribution in [0.2, 0.25) is 5.02 Å². The minimum Gasteiger partial charge on any atom is -0.456 e. The Morgan fingerprint density at radius 2 is 1.54 bits per heavy atom. The van der Waals surface area contributed by atoms with Crippen molar-refractivity contribution in [3.63, 3.8) is 0 Å². The van der Waals surface area contributed by atoms with Crippen LogP contribution >= 0.6 is 11.6 Å². The van der Waals surface area contributed by atoms with Gasteiger partial charge in [0.05, 0.1) is 11.5 Å². The molecule has 3 aromatic carbocycles. The van der Waals surface area contributed by atoms with Gasteiger partial charge in [0, 0.05) is 17.0 Å². The van der Waals surface area contributed by atoms with E-state index >= 15 is 0 Å². The molecular weight excluding hydrogens is 342 g/mol. The fourth-order valence-corrected chi connectivity index (χ4v) is 3.21. The lowest BCUT2D eigenvalue weighted by molar-refractivity contribution is -0.498. The SMILES string of the molecule is Clc1ccc2oc(-c3ccccc3)cc(=[NH+]CCc3ccccc3)c2c1. The maximum atomic E-state index is 6.21. The molecule has 3 heteroatoms. The molecule has 0 saturated heterocycles. The van der Waals surface area contributed by atoms with Crippen LogP contribution in [0.4, 0.5) is 0 Å². The molecule has 4 aromatic rings. The van der Waals surface area contributed by atoms with E-state index in [1.54, 1.807) is 0 Å². The van der Waals surface area contributed by atoms with Gasteiger partial charge in [-0.2, -0.15) is 0 Å². The number of hydrogen-bond donors (Lipinski definition) is 1. The van der Waals surface area contributed by atoms with Crippen LogP contribution in [-0.4, -0.2) is 6.54 Å². The maximum Gasteiger partial charge on any atom is 0.213 e. The number of nitrogens with one attached hydrogen (secondary N) is 1. The molecule has 0 saturated carbocycles. The Balaban J connectivity index is 1.78. The number of rotatable bonds is 4. The van der Waals surface area contributed by atoms with Gasteiger partial charge in [-0.25, -0.2) is 4.99 Å². The second-order valence-electron chi connectivity index (χ2n) is 6.19. The summed E-state index contributed by atoms with van der Waals surface area (Å²) >= 11 is 6.21. The summed E-state index contributed by atoms with van der Waals surface area (Å²) in [5.41, 5.74) is 3.18. The number of hydrogen-bond acceptors (Lipinski definition) is 1. The highest BCUT2D eigenvalue weighted by Gasteiger charge is 2.09. The van der Waals surface area contributed by atoms with Crippen molar-refractivity contribution in [2.45, 2.75) is 6.42 Å². The van der Waals surface area contributed by atoms with Crippen molar-refractivity contribution in [3.05, 3.63) is 101 Å². The first-order chi connectivity index (χ1) is 12.8. The molecule has 0 aliphatic heterocycles. The van der Waals surface area contributed by atoms with E-state index in [4.69, 9.17) is 16.0 Å². The third kappa shape index (κ3) is 3.71. The Hall–Kier alpha value is -2.84. The number of benzene rings is 3. The van der Waals surface area contributed by atoms with Crippen LogP contribution in [0.25, 0.3) is 22.3 Å². The first-order valence-electron chi connectivity index (χ1n) is 8.69. The molecule has 0 aliphatic carbocycles. The molecular formula is C23H19ClNO+. The smallest absolute Gasteiger partial charge is 0.213 e. The van der Waals surface area contributed by atoms with Crippen LogP contribution in [0.1, 0.15) is 5.56 Å². The van der Waals surface area contributed by atoms with Gasteiger partial charge in [0.2, 0.25) is 5.36 Å². The highest BCUT2D eigenvalue weighted by atomic mass is 35.5. The lowest BCUT2D eigenvalue weighted by atomic mass is 10.1. The summed E-state index contributed by atoms with van der Waals surface area (Å²) in [6, 6.07) is 28.4. The first-order valence-corrected chi connectivity index (χ1v) is 9.07. The van der Waals surface area contributed by atoms with Crippen LogP contribution in [0, 0.1) is 0 Å². The molecule has 26 heavy (non-hydrogen) atoms.